The zero-order valence-electron chi connectivity index (χ0n) is 6.13. The molecule has 0 bridgehead atoms. The second kappa shape index (κ2) is 3.59. The summed E-state index contributed by atoms with van der Waals surface area (Å²) in [6.07, 6.45) is -0.673. The van der Waals surface area contributed by atoms with Gasteiger partial charge in [-0.15, -0.1) is 0 Å². The van der Waals surface area contributed by atoms with Crippen LogP contribution < -0.4 is 0 Å². The summed E-state index contributed by atoms with van der Waals surface area (Å²) < 4.78 is 4.50. The minimum atomic E-state index is -0.673. The molecule has 1 saturated heterocycles. The van der Waals surface area contributed by atoms with E-state index < -0.39 is 12.0 Å². The minimum absolute atomic E-state index is 0.209. The lowest BCUT2D eigenvalue weighted by molar-refractivity contribution is -0.126. The zero-order valence-corrected chi connectivity index (χ0v) is 6.13. The quantitative estimate of drug-likeness (QED) is 0.338. The van der Waals surface area contributed by atoms with Gasteiger partial charge in [0.05, 0.1) is 6.54 Å². The first-order valence-electron chi connectivity index (χ1n) is 3.23. The number of carbonyl (C=O) groups is 2. The van der Waals surface area contributed by atoms with Gasteiger partial charge in [-0.05, 0) is 5.53 Å². The average molecular weight is 170 g/mol. The number of rotatable bonds is 2. The van der Waals surface area contributed by atoms with Crippen molar-refractivity contribution in [3.8, 4) is 0 Å². The van der Waals surface area contributed by atoms with E-state index in [2.05, 4.69) is 14.8 Å². The molecule has 0 aromatic carbocycles. The van der Waals surface area contributed by atoms with Crippen LogP contribution in [0.5, 0.6) is 0 Å². The molecule has 1 rings (SSSR count). The standard InChI is InChI=1S/C5H6N4O3/c6-8-7-3-4(10)9-1-2-12-5(9)11/h1-3H2. The molecule has 0 spiro atoms. The van der Waals surface area contributed by atoms with Crippen molar-refractivity contribution in [1.82, 2.24) is 4.90 Å². The Balaban J connectivity index is 2.51. The second-order valence-corrected chi connectivity index (χ2v) is 2.05. The van der Waals surface area contributed by atoms with Crippen LogP contribution >= 0.6 is 0 Å². The van der Waals surface area contributed by atoms with E-state index >= 15 is 0 Å². The van der Waals surface area contributed by atoms with E-state index in [0.29, 0.717) is 0 Å². The fraction of sp³-hybridized carbons (Fsp3) is 0.600. The molecule has 0 unspecified atom stereocenters. The molecule has 1 aliphatic rings. The predicted octanol–water partition coefficient (Wildman–Crippen LogP) is 0.276. The van der Waals surface area contributed by atoms with E-state index in [4.69, 9.17) is 5.53 Å². The number of amides is 2. The lowest BCUT2D eigenvalue weighted by Gasteiger charge is -2.06. The van der Waals surface area contributed by atoms with Crippen LogP contribution in [0.25, 0.3) is 10.4 Å². The lowest BCUT2D eigenvalue weighted by Crippen LogP contribution is -2.33. The monoisotopic (exact) mass is 170 g/mol. The first-order valence-corrected chi connectivity index (χ1v) is 3.23. The van der Waals surface area contributed by atoms with Gasteiger partial charge in [-0.25, -0.2) is 9.69 Å². The summed E-state index contributed by atoms with van der Waals surface area (Å²) in [4.78, 5) is 25.0. The molecular formula is C5H6N4O3. The van der Waals surface area contributed by atoms with E-state index in [1.165, 1.54) is 0 Å². The van der Waals surface area contributed by atoms with Crippen molar-refractivity contribution in [2.45, 2.75) is 0 Å². The number of ether oxygens (including phenoxy) is 1. The van der Waals surface area contributed by atoms with Crippen LogP contribution in [0.4, 0.5) is 4.79 Å². The highest BCUT2D eigenvalue weighted by Gasteiger charge is 2.27. The van der Waals surface area contributed by atoms with Gasteiger partial charge in [0.2, 0.25) is 5.91 Å². The fourth-order valence-corrected chi connectivity index (χ4v) is 0.797. The SMILES string of the molecule is [N-]=[N+]=NCC(=O)N1CCOC1=O. The minimum Gasteiger partial charge on any atom is -0.447 e. The Morgan fingerprint density at radius 3 is 3.08 bits per heavy atom. The molecule has 64 valence electrons. The maximum absolute atomic E-state index is 11.0. The van der Waals surface area contributed by atoms with Crippen LogP contribution in [-0.4, -0.2) is 36.6 Å². The Kier molecular flexibility index (Phi) is 2.49. The molecule has 1 fully saturated rings. The van der Waals surface area contributed by atoms with E-state index in [1.807, 2.05) is 0 Å². The molecule has 0 saturated carbocycles. The van der Waals surface area contributed by atoms with Crippen molar-refractivity contribution < 1.29 is 14.3 Å². The van der Waals surface area contributed by atoms with Gasteiger partial charge in [0, 0.05) is 4.91 Å². The van der Waals surface area contributed by atoms with Crippen LogP contribution in [0.2, 0.25) is 0 Å². The Hall–Kier alpha value is -1.75. The molecule has 1 aliphatic heterocycles. The van der Waals surface area contributed by atoms with Crippen molar-refractivity contribution in [1.29, 1.82) is 0 Å². The van der Waals surface area contributed by atoms with E-state index in [1.54, 1.807) is 0 Å². The molecule has 0 aromatic heterocycles. The number of cyclic esters (lactones) is 1. The molecular weight excluding hydrogens is 164 g/mol. The Morgan fingerprint density at radius 2 is 2.58 bits per heavy atom. The number of nitrogens with zero attached hydrogens (tertiary/aromatic N) is 4. The normalized spacial score (nSPS) is 15.3. The summed E-state index contributed by atoms with van der Waals surface area (Å²) in [7, 11) is 0. The van der Waals surface area contributed by atoms with Crippen LogP contribution in [0.15, 0.2) is 5.11 Å². The van der Waals surface area contributed by atoms with Gasteiger partial charge < -0.3 is 4.74 Å². The molecule has 7 heteroatoms. The summed E-state index contributed by atoms with van der Waals surface area (Å²) >= 11 is 0. The van der Waals surface area contributed by atoms with Crippen molar-refractivity contribution >= 4 is 12.0 Å². The van der Waals surface area contributed by atoms with E-state index in [0.717, 1.165) is 4.90 Å². The maximum Gasteiger partial charge on any atom is 0.416 e. The number of azide groups is 1. The van der Waals surface area contributed by atoms with Gasteiger partial charge in [0.1, 0.15) is 13.2 Å². The number of hydrogen-bond acceptors (Lipinski definition) is 4. The smallest absolute Gasteiger partial charge is 0.416 e. The van der Waals surface area contributed by atoms with Gasteiger partial charge in [-0.2, -0.15) is 0 Å². The number of hydrogen-bond donors (Lipinski definition) is 0. The molecule has 0 radical (unpaired) electrons. The molecule has 12 heavy (non-hydrogen) atoms. The first kappa shape index (κ1) is 8.35. The predicted molar refractivity (Wildman–Crippen MR) is 37.1 cm³/mol. The fourth-order valence-electron chi connectivity index (χ4n) is 0.797. The third-order valence-corrected chi connectivity index (χ3v) is 1.33. The highest BCUT2D eigenvalue weighted by atomic mass is 16.6. The van der Waals surface area contributed by atoms with E-state index in [-0.39, 0.29) is 19.7 Å². The third kappa shape index (κ3) is 1.64. The molecule has 0 atom stereocenters. The molecule has 0 aliphatic carbocycles. The van der Waals surface area contributed by atoms with Gasteiger partial charge in [-0.3, -0.25) is 4.79 Å². The van der Waals surface area contributed by atoms with Crippen LogP contribution in [0.1, 0.15) is 0 Å². The Labute approximate surface area is 67.5 Å². The van der Waals surface area contributed by atoms with Crippen molar-refractivity contribution in [2.75, 3.05) is 19.7 Å². The third-order valence-electron chi connectivity index (χ3n) is 1.33. The highest BCUT2D eigenvalue weighted by Crippen LogP contribution is 2.03. The Bertz CT molecular complexity index is 257. The van der Waals surface area contributed by atoms with Crippen molar-refractivity contribution in [3.63, 3.8) is 0 Å². The second-order valence-electron chi connectivity index (χ2n) is 2.05. The molecule has 7 nitrogen and oxygen atoms in total. The molecule has 2 amide bonds. The van der Waals surface area contributed by atoms with Crippen molar-refractivity contribution in [2.24, 2.45) is 5.11 Å². The van der Waals surface area contributed by atoms with Crippen LogP contribution in [0, 0.1) is 0 Å². The topological polar surface area (TPSA) is 95.4 Å². The first-order chi connectivity index (χ1) is 5.75. The van der Waals surface area contributed by atoms with Gasteiger partial charge in [0.25, 0.3) is 0 Å². The maximum atomic E-state index is 11.0. The average Bonchev–Trinajstić information content (AvgIpc) is 2.47. The Morgan fingerprint density at radius 1 is 1.83 bits per heavy atom. The molecule has 0 N–H and O–H groups in total. The largest absolute Gasteiger partial charge is 0.447 e. The van der Waals surface area contributed by atoms with Crippen LogP contribution in [-0.2, 0) is 9.53 Å². The van der Waals surface area contributed by atoms with Gasteiger partial charge in [0.15, 0.2) is 0 Å². The summed E-state index contributed by atoms with van der Waals surface area (Å²) in [5, 5.41) is 3.03. The summed E-state index contributed by atoms with van der Waals surface area (Å²) in [6.45, 7) is 0.102. The summed E-state index contributed by atoms with van der Waals surface area (Å²) in [5.74, 6) is -0.532. The number of carbonyl (C=O) groups excluding carboxylic acids is 2. The number of imide groups is 1. The van der Waals surface area contributed by atoms with Crippen LogP contribution in [0.3, 0.4) is 0 Å². The lowest BCUT2D eigenvalue weighted by atomic mass is 10.5. The molecule has 0 aromatic rings. The summed E-state index contributed by atoms with van der Waals surface area (Å²) in [5.41, 5.74) is 7.90. The molecule has 1 heterocycles. The van der Waals surface area contributed by atoms with Gasteiger partial charge >= 0.3 is 6.09 Å². The van der Waals surface area contributed by atoms with Crippen molar-refractivity contribution in [3.05, 3.63) is 10.4 Å². The zero-order chi connectivity index (χ0) is 8.97. The summed E-state index contributed by atoms with van der Waals surface area (Å²) in [6, 6.07) is 0. The van der Waals surface area contributed by atoms with Gasteiger partial charge in [-0.1, -0.05) is 5.11 Å². The van der Waals surface area contributed by atoms with E-state index in [9.17, 15) is 9.59 Å². The highest BCUT2D eigenvalue weighted by molar-refractivity contribution is 5.94.